The van der Waals surface area contributed by atoms with Crippen LogP contribution in [-0.4, -0.2) is 19.1 Å². The molecule has 1 aliphatic heterocycles. The Balaban J connectivity index is 2.04. The van der Waals surface area contributed by atoms with E-state index in [2.05, 4.69) is 41.5 Å². The molecular formula is C22H26N4. The van der Waals surface area contributed by atoms with Crippen molar-refractivity contribution in [2.45, 2.75) is 31.2 Å². The number of nitrogens with two attached hydrogens (primary N) is 1. The zero-order valence-electron chi connectivity index (χ0n) is 15.0. The summed E-state index contributed by atoms with van der Waals surface area (Å²) in [4.78, 5) is 0. The van der Waals surface area contributed by atoms with Crippen LogP contribution in [0.2, 0.25) is 0 Å². The molecule has 0 spiro atoms. The van der Waals surface area contributed by atoms with Crippen LogP contribution in [0.5, 0.6) is 0 Å². The molecule has 1 fully saturated rings. The van der Waals surface area contributed by atoms with Crippen LogP contribution in [0.4, 0.5) is 5.69 Å². The van der Waals surface area contributed by atoms with E-state index in [4.69, 9.17) is 5.73 Å². The van der Waals surface area contributed by atoms with Crippen molar-refractivity contribution >= 4 is 18.0 Å². The molecule has 134 valence electrons. The molecule has 1 aromatic carbocycles. The quantitative estimate of drug-likeness (QED) is 0.780. The Morgan fingerprint density at radius 1 is 1.31 bits per heavy atom. The van der Waals surface area contributed by atoms with Gasteiger partial charge in [-0.15, -0.1) is 0 Å². The molecule has 1 atom stereocenters. The summed E-state index contributed by atoms with van der Waals surface area (Å²) < 4.78 is 0. The van der Waals surface area contributed by atoms with Crippen LogP contribution in [0, 0.1) is 11.3 Å². The zero-order chi connectivity index (χ0) is 18.4. The van der Waals surface area contributed by atoms with E-state index in [1.807, 2.05) is 18.2 Å². The van der Waals surface area contributed by atoms with Crippen molar-refractivity contribution in [1.82, 2.24) is 5.32 Å². The minimum Gasteiger partial charge on any atom is -0.404 e. The fourth-order valence-electron chi connectivity index (χ4n) is 3.66. The number of hydrogen-bond acceptors (Lipinski definition) is 4. The highest BCUT2D eigenvalue weighted by Gasteiger charge is 2.16. The van der Waals surface area contributed by atoms with Crippen molar-refractivity contribution in [3.63, 3.8) is 0 Å². The van der Waals surface area contributed by atoms with Crippen molar-refractivity contribution in [2.24, 2.45) is 5.73 Å². The summed E-state index contributed by atoms with van der Waals surface area (Å²) in [5.41, 5.74) is 8.93. The molecule has 1 saturated heterocycles. The molecule has 4 N–H and O–H groups in total. The summed E-state index contributed by atoms with van der Waals surface area (Å²) in [6.45, 7) is 5.91. The van der Waals surface area contributed by atoms with E-state index in [1.165, 1.54) is 5.56 Å². The highest BCUT2D eigenvalue weighted by atomic mass is 15.0. The predicted molar refractivity (Wildman–Crippen MR) is 109 cm³/mol. The summed E-state index contributed by atoms with van der Waals surface area (Å²) >= 11 is 0. The smallest absolute Gasteiger partial charge is 0.0988 e. The first-order valence-electron chi connectivity index (χ1n) is 9.19. The van der Waals surface area contributed by atoms with Gasteiger partial charge in [0.25, 0.3) is 0 Å². The molecule has 4 heteroatoms. The second-order valence-corrected chi connectivity index (χ2v) is 6.79. The van der Waals surface area contributed by atoms with Gasteiger partial charge in [-0.2, -0.15) is 5.26 Å². The molecule has 3 rings (SSSR count). The lowest BCUT2D eigenvalue weighted by Gasteiger charge is -2.26. The number of anilines is 1. The highest BCUT2D eigenvalue weighted by Crippen LogP contribution is 2.27. The van der Waals surface area contributed by atoms with Crippen LogP contribution in [0.15, 0.2) is 48.6 Å². The van der Waals surface area contributed by atoms with Gasteiger partial charge in [-0.25, -0.2) is 0 Å². The van der Waals surface area contributed by atoms with E-state index < -0.39 is 0 Å². The Morgan fingerprint density at radius 2 is 2.12 bits per heavy atom. The minimum atomic E-state index is 0.201. The maximum absolute atomic E-state index is 9.22. The van der Waals surface area contributed by atoms with Crippen LogP contribution in [0.1, 0.15) is 30.7 Å². The first-order chi connectivity index (χ1) is 12.7. The highest BCUT2D eigenvalue weighted by molar-refractivity contribution is 5.56. The average Bonchev–Trinajstić information content (AvgIpc) is 2.69. The molecule has 1 heterocycles. The van der Waals surface area contributed by atoms with E-state index in [9.17, 15) is 5.26 Å². The fourth-order valence-corrected chi connectivity index (χ4v) is 3.66. The second kappa shape index (κ2) is 8.55. The maximum Gasteiger partial charge on any atom is 0.0988 e. The number of nitriles is 1. The van der Waals surface area contributed by atoms with Crippen molar-refractivity contribution in [3.05, 3.63) is 64.6 Å². The lowest BCUT2D eigenvalue weighted by Crippen LogP contribution is -2.38. The molecule has 0 bridgehead atoms. The SMILES string of the molecule is C=C/C=c1/cc(C2C=C(C#N)C=CC2)cc(NC2CCNCC2)/c1=C/N. The summed E-state index contributed by atoms with van der Waals surface area (Å²) in [6, 6.07) is 7.04. The molecule has 2 aliphatic rings. The lowest BCUT2D eigenvalue weighted by molar-refractivity contribution is 0.479. The predicted octanol–water partition coefficient (Wildman–Crippen LogP) is 2.01. The Kier molecular flexibility index (Phi) is 5.93. The first-order valence-corrected chi connectivity index (χ1v) is 9.19. The van der Waals surface area contributed by atoms with E-state index in [1.54, 1.807) is 12.3 Å². The number of allylic oxidation sites excluding steroid dienone is 5. The molecule has 0 saturated carbocycles. The summed E-state index contributed by atoms with van der Waals surface area (Å²) in [5.74, 6) is 0.201. The van der Waals surface area contributed by atoms with E-state index >= 15 is 0 Å². The van der Waals surface area contributed by atoms with Crippen LogP contribution in [0.25, 0.3) is 12.3 Å². The van der Waals surface area contributed by atoms with Gasteiger partial charge in [-0.3, -0.25) is 0 Å². The van der Waals surface area contributed by atoms with Crippen LogP contribution >= 0.6 is 0 Å². The third kappa shape index (κ3) is 4.07. The number of piperidine rings is 1. The van der Waals surface area contributed by atoms with Gasteiger partial charge >= 0.3 is 0 Å². The van der Waals surface area contributed by atoms with Crippen molar-refractivity contribution in [2.75, 3.05) is 18.4 Å². The van der Waals surface area contributed by atoms with E-state index in [-0.39, 0.29) is 5.92 Å². The molecule has 26 heavy (non-hydrogen) atoms. The van der Waals surface area contributed by atoms with Gasteiger partial charge in [-0.1, -0.05) is 36.9 Å². The summed E-state index contributed by atoms with van der Waals surface area (Å²) in [5, 5.41) is 18.4. The largest absolute Gasteiger partial charge is 0.404 e. The number of rotatable bonds is 4. The molecule has 1 aromatic rings. The Bertz CT molecular complexity index is 880. The molecule has 1 unspecified atom stereocenters. The molecule has 0 aromatic heterocycles. The van der Waals surface area contributed by atoms with Gasteiger partial charge in [0, 0.05) is 34.6 Å². The third-order valence-electron chi connectivity index (χ3n) is 5.02. The standard InChI is InChI=1S/C22H26N4/c1-2-4-18-12-19(17-6-3-5-16(11-17)14-23)13-22(21(18)15-24)26-20-7-9-25-10-8-20/h2-5,11-13,15,17,20,25-26H,1,6-10,24H2/b18-4-,21-15+. The fraction of sp³-hybridized carbons (Fsp3) is 0.318. The van der Waals surface area contributed by atoms with Crippen molar-refractivity contribution in [1.29, 1.82) is 5.26 Å². The van der Waals surface area contributed by atoms with Crippen molar-refractivity contribution in [3.8, 4) is 6.07 Å². The zero-order valence-corrected chi connectivity index (χ0v) is 15.0. The Hall–Kier alpha value is -2.77. The molecule has 0 radical (unpaired) electrons. The van der Waals surface area contributed by atoms with Crippen LogP contribution in [0.3, 0.4) is 0 Å². The summed E-state index contributed by atoms with van der Waals surface area (Å²) in [6.07, 6.45) is 14.6. The number of nitrogens with zero attached hydrogens (tertiary/aromatic N) is 1. The number of nitrogens with one attached hydrogen (secondary N) is 2. The Labute approximate surface area is 155 Å². The first kappa shape index (κ1) is 18.0. The van der Waals surface area contributed by atoms with E-state index in [0.29, 0.717) is 6.04 Å². The van der Waals surface area contributed by atoms with Gasteiger partial charge in [0.15, 0.2) is 0 Å². The number of hydrogen-bond donors (Lipinski definition) is 3. The topological polar surface area (TPSA) is 73.9 Å². The molecular weight excluding hydrogens is 320 g/mol. The molecule has 4 nitrogen and oxygen atoms in total. The normalized spacial score (nSPS) is 22.0. The van der Waals surface area contributed by atoms with Gasteiger partial charge in [0.1, 0.15) is 0 Å². The summed E-state index contributed by atoms with van der Waals surface area (Å²) in [7, 11) is 0. The lowest BCUT2D eigenvalue weighted by atomic mass is 9.89. The molecule has 0 amide bonds. The molecule has 1 aliphatic carbocycles. The Morgan fingerprint density at radius 3 is 2.81 bits per heavy atom. The van der Waals surface area contributed by atoms with Crippen LogP contribution < -0.4 is 26.8 Å². The third-order valence-corrected chi connectivity index (χ3v) is 5.02. The van der Waals surface area contributed by atoms with Crippen LogP contribution in [-0.2, 0) is 0 Å². The van der Waals surface area contributed by atoms with Crippen molar-refractivity contribution < 1.29 is 0 Å². The maximum atomic E-state index is 9.22. The number of benzene rings is 1. The minimum absolute atomic E-state index is 0.201. The van der Waals surface area contributed by atoms with E-state index in [0.717, 1.165) is 54.0 Å². The van der Waals surface area contributed by atoms with Gasteiger partial charge < -0.3 is 16.4 Å². The monoisotopic (exact) mass is 346 g/mol. The van der Waals surface area contributed by atoms with Gasteiger partial charge in [-0.05, 0) is 55.3 Å². The van der Waals surface area contributed by atoms with Gasteiger partial charge in [0.05, 0.1) is 6.07 Å². The average molecular weight is 346 g/mol. The second-order valence-electron chi connectivity index (χ2n) is 6.79. The van der Waals surface area contributed by atoms with Gasteiger partial charge in [0.2, 0.25) is 0 Å².